The first-order valence-electron chi connectivity index (χ1n) is 6.47. The summed E-state index contributed by atoms with van der Waals surface area (Å²) in [4.78, 5) is 13.7. The van der Waals surface area contributed by atoms with Crippen molar-refractivity contribution in [2.75, 3.05) is 43.4 Å². The van der Waals surface area contributed by atoms with Gasteiger partial charge in [-0.1, -0.05) is 0 Å². The fourth-order valence-corrected chi connectivity index (χ4v) is 2.89. The highest BCUT2D eigenvalue weighted by Crippen LogP contribution is 2.18. The van der Waals surface area contributed by atoms with Crippen molar-refractivity contribution in [2.24, 2.45) is 0 Å². The van der Waals surface area contributed by atoms with E-state index >= 15 is 0 Å². The molecule has 6 nitrogen and oxygen atoms in total. The first kappa shape index (κ1) is 15.7. The Morgan fingerprint density at radius 2 is 1.86 bits per heavy atom. The molecule has 0 atom stereocenters. The Morgan fingerprint density at radius 3 is 2.38 bits per heavy atom. The van der Waals surface area contributed by atoms with Gasteiger partial charge in [-0.2, -0.15) is 0 Å². The number of halogens is 1. The summed E-state index contributed by atoms with van der Waals surface area (Å²) in [5.41, 5.74) is 0.264. The van der Waals surface area contributed by atoms with Crippen molar-refractivity contribution < 1.29 is 22.3 Å². The average Bonchev–Trinajstić information content (AvgIpc) is 2.45. The zero-order valence-corrected chi connectivity index (χ0v) is 12.5. The Morgan fingerprint density at radius 1 is 1.29 bits per heavy atom. The molecule has 0 saturated carbocycles. The van der Waals surface area contributed by atoms with Crippen molar-refractivity contribution in [3.63, 3.8) is 0 Å². The molecule has 1 saturated heterocycles. The van der Waals surface area contributed by atoms with Gasteiger partial charge in [0, 0.05) is 13.1 Å². The molecule has 1 fully saturated rings. The number of amides is 1. The van der Waals surface area contributed by atoms with Crippen LogP contribution >= 0.6 is 0 Å². The SMILES string of the molecule is CS(=O)(=O)N(CC(=O)N1CCOCC1)c1ccc(F)cc1. The van der Waals surface area contributed by atoms with Gasteiger partial charge in [0.2, 0.25) is 15.9 Å². The monoisotopic (exact) mass is 316 g/mol. The highest BCUT2D eigenvalue weighted by molar-refractivity contribution is 7.92. The van der Waals surface area contributed by atoms with Gasteiger partial charge in [0.05, 0.1) is 25.2 Å². The maximum atomic E-state index is 12.9. The highest BCUT2D eigenvalue weighted by Gasteiger charge is 2.25. The third-order valence-electron chi connectivity index (χ3n) is 3.16. The minimum absolute atomic E-state index is 0.264. The first-order valence-corrected chi connectivity index (χ1v) is 8.31. The molecule has 8 heteroatoms. The van der Waals surface area contributed by atoms with Crippen molar-refractivity contribution in [1.82, 2.24) is 4.90 Å². The molecule has 1 aromatic rings. The maximum absolute atomic E-state index is 12.9. The molecule has 1 aliphatic rings. The number of benzene rings is 1. The number of nitrogens with zero attached hydrogens (tertiary/aromatic N) is 2. The van der Waals surface area contributed by atoms with Gasteiger partial charge in [0.15, 0.2) is 0 Å². The summed E-state index contributed by atoms with van der Waals surface area (Å²) in [5.74, 6) is -0.764. The number of hydrogen-bond donors (Lipinski definition) is 0. The lowest BCUT2D eigenvalue weighted by Gasteiger charge is -2.30. The lowest BCUT2D eigenvalue weighted by Crippen LogP contribution is -2.47. The highest BCUT2D eigenvalue weighted by atomic mass is 32.2. The molecule has 1 heterocycles. The minimum atomic E-state index is -3.63. The standard InChI is InChI=1S/C13H17FN2O4S/c1-21(18,19)16(12-4-2-11(14)3-5-12)10-13(17)15-6-8-20-9-7-15/h2-5H,6-10H2,1H3. The Balaban J connectivity index is 2.17. The third-order valence-corrected chi connectivity index (χ3v) is 4.30. The predicted octanol–water partition coefficient (Wildman–Crippen LogP) is 0.451. The fourth-order valence-electron chi connectivity index (χ4n) is 2.04. The second-order valence-electron chi connectivity index (χ2n) is 4.74. The molecule has 116 valence electrons. The Kier molecular flexibility index (Phi) is 4.79. The summed E-state index contributed by atoms with van der Waals surface area (Å²) in [6.07, 6.45) is 1.02. The van der Waals surface area contributed by atoms with Crippen LogP contribution in [-0.2, 0) is 19.6 Å². The first-order chi connectivity index (χ1) is 9.88. The average molecular weight is 316 g/mol. The molecule has 0 aliphatic carbocycles. The van der Waals surface area contributed by atoms with E-state index in [1.165, 1.54) is 12.1 Å². The number of anilines is 1. The van der Waals surface area contributed by atoms with E-state index < -0.39 is 15.8 Å². The lowest BCUT2D eigenvalue weighted by atomic mass is 10.3. The summed E-state index contributed by atoms with van der Waals surface area (Å²) in [5, 5.41) is 0. The van der Waals surface area contributed by atoms with Crippen LogP contribution in [0, 0.1) is 5.82 Å². The van der Waals surface area contributed by atoms with Crippen LogP contribution in [0.3, 0.4) is 0 Å². The van der Waals surface area contributed by atoms with E-state index in [2.05, 4.69) is 0 Å². The molecule has 1 aromatic carbocycles. The van der Waals surface area contributed by atoms with Gasteiger partial charge in [-0.05, 0) is 24.3 Å². The summed E-state index contributed by atoms with van der Waals surface area (Å²) < 4.78 is 42.8. The van der Waals surface area contributed by atoms with E-state index in [0.717, 1.165) is 22.7 Å². The van der Waals surface area contributed by atoms with Crippen LogP contribution in [0.2, 0.25) is 0 Å². The molecule has 1 aliphatic heterocycles. The van der Waals surface area contributed by atoms with Crippen LogP contribution in [0.15, 0.2) is 24.3 Å². The predicted molar refractivity (Wildman–Crippen MR) is 76.0 cm³/mol. The number of morpholine rings is 1. The van der Waals surface area contributed by atoms with E-state index in [1.54, 1.807) is 4.90 Å². The van der Waals surface area contributed by atoms with Crippen LogP contribution in [0.4, 0.5) is 10.1 Å². The van der Waals surface area contributed by atoms with Crippen molar-refractivity contribution in [3.8, 4) is 0 Å². The van der Waals surface area contributed by atoms with Gasteiger partial charge in [-0.25, -0.2) is 12.8 Å². The minimum Gasteiger partial charge on any atom is -0.378 e. The van der Waals surface area contributed by atoms with Crippen LogP contribution in [0.1, 0.15) is 0 Å². The van der Waals surface area contributed by atoms with E-state index in [9.17, 15) is 17.6 Å². The van der Waals surface area contributed by atoms with E-state index in [0.29, 0.717) is 26.3 Å². The molecule has 21 heavy (non-hydrogen) atoms. The molecule has 0 aromatic heterocycles. The van der Waals surface area contributed by atoms with Gasteiger partial charge in [-0.3, -0.25) is 9.10 Å². The number of sulfonamides is 1. The Hall–Kier alpha value is -1.67. The zero-order valence-electron chi connectivity index (χ0n) is 11.7. The van der Waals surface area contributed by atoms with Gasteiger partial charge >= 0.3 is 0 Å². The van der Waals surface area contributed by atoms with Crippen molar-refractivity contribution in [2.45, 2.75) is 0 Å². The second-order valence-corrected chi connectivity index (χ2v) is 6.65. The van der Waals surface area contributed by atoms with E-state index in [-0.39, 0.29) is 18.1 Å². The molecule has 0 unspecified atom stereocenters. The van der Waals surface area contributed by atoms with Crippen molar-refractivity contribution >= 4 is 21.6 Å². The van der Waals surface area contributed by atoms with Gasteiger partial charge in [0.1, 0.15) is 12.4 Å². The van der Waals surface area contributed by atoms with Gasteiger partial charge in [-0.15, -0.1) is 0 Å². The molecule has 0 radical (unpaired) electrons. The lowest BCUT2D eigenvalue weighted by molar-refractivity contribution is -0.133. The molecule has 2 rings (SSSR count). The third kappa shape index (κ3) is 4.15. The van der Waals surface area contributed by atoms with Crippen molar-refractivity contribution in [3.05, 3.63) is 30.1 Å². The number of rotatable bonds is 4. The number of ether oxygens (including phenoxy) is 1. The topological polar surface area (TPSA) is 66.9 Å². The summed E-state index contributed by atoms with van der Waals surface area (Å²) >= 11 is 0. The van der Waals surface area contributed by atoms with Crippen LogP contribution < -0.4 is 4.31 Å². The van der Waals surface area contributed by atoms with Gasteiger partial charge in [0.25, 0.3) is 0 Å². The van der Waals surface area contributed by atoms with E-state index in [1.807, 2.05) is 0 Å². The molecular weight excluding hydrogens is 299 g/mol. The largest absolute Gasteiger partial charge is 0.378 e. The second kappa shape index (κ2) is 6.40. The van der Waals surface area contributed by atoms with Gasteiger partial charge < -0.3 is 9.64 Å². The van der Waals surface area contributed by atoms with Crippen molar-refractivity contribution in [1.29, 1.82) is 0 Å². The summed E-state index contributed by atoms with van der Waals surface area (Å²) in [6, 6.07) is 4.99. The normalized spacial score (nSPS) is 15.8. The summed E-state index contributed by atoms with van der Waals surface area (Å²) in [6.45, 7) is 1.48. The Bertz CT molecular complexity index is 597. The summed E-state index contributed by atoms with van der Waals surface area (Å²) in [7, 11) is -3.63. The quantitative estimate of drug-likeness (QED) is 0.809. The molecule has 0 N–H and O–H groups in total. The van der Waals surface area contributed by atoms with E-state index in [4.69, 9.17) is 4.74 Å². The van der Waals surface area contributed by atoms with Crippen LogP contribution in [-0.4, -0.2) is 58.3 Å². The van der Waals surface area contributed by atoms with Crippen LogP contribution in [0.25, 0.3) is 0 Å². The molecule has 0 spiro atoms. The molecule has 0 bridgehead atoms. The smallest absolute Gasteiger partial charge is 0.243 e. The molecular formula is C13H17FN2O4S. The van der Waals surface area contributed by atoms with Crippen LogP contribution in [0.5, 0.6) is 0 Å². The number of carbonyl (C=O) groups is 1. The number of hydrogen-bond acceptors (Lipinski definition) is 4. The fraction of sp³-hybridized carbons (Fsp3) is 0.462. The maximum Gasteiger partial charge on any atom is 0.243 e. The molecule has 1 amide bonds. The Labute approximate surface area is 123 Å². The number of carbonyl (C=O) groups excluding carboxylic acids is 1. The zero-order chi connectivity index (χ0) is 15.5.